The number of halogens is 1. The molecule has 0 fully saturated rings. The summed E-state index contributed by atoms with van der Waals surface area (Å²) < 4.78 is 0. The van der Waals surface area contributed by atoms with Crippen LogP contribution in [0.2, 0.25) is 0 Å². The first-order valence-corrected chi connectivity index (χ1v) is 4.28. The fourth-order valence-electron chi connectivity index (χ4n) is 1.55. The van der Waals surface area contributed by atoms with Crippen LogP contribution in [-0.4, -0.2) is 11.1 Å². The Hall–Kier alpha value is -1.28. The molecule has 0 aromatic rings. The van der Waals surface area contributed by atoms with Crippen LogP contribution in [-0.2, 0) is 4.79 Å². The van der Waals surface area contributed by atoms with Crippen LogP contribution in [0.5, 0.6) is 0 Å². The Kier molecular flexibility index (Phi) is 3.31. The Balaban J connectivity index is 0.000000980. The van der Waals surface area contributed by atoms with Gasteiger partial charge in [-0.15, -0.1) is 12.4 Å². The number of aliphatic carboxylic acids is 1. The summed E-state index contributed by atoms with van der Waals surface area (Å²) in [5.74, 6) is -0.735. The van der Waals surface area contributed by atoms with Crippen molar-refractivity contribution < 1.29 is 9.90 Å². The first-order valence-electron chi connectivity index (χ1n) is 4.28. The van der Waals surface area contributed by atoms with Crippen LogP contribution < -0.4 is 0 Å². The number of carbonyl (C=O) groups is 1. The maximum Gasteiger partial charge on any atom is 0.303 e. The van der Waals surface area contributed by atoms with Crippen LogP contribution in [0.25, 0.3) is 0 Å². The van der Waals surface area contributed by atoms with E-state index in [4.69, 9.17) is 5.11 Å². The molecule has 74 valence electrons. The molecule has 0 spiro atoms. The maximum absolute atomic E-state index is 10.3. The molecule has 2 aliphatic rings. The molecule has 14 heavy (non-hydrogen) atoms. The van der Waals surface area contributed by atoms with Gasteiger partial charge in [-0.25, -0.2) is 0 Å². The maximum atomic E-state index is 10.3. The van der Waals surface area contributed by atoms with Crippen LogP contribution in [0.15, 0.2) is 47.1 Å². The quantitative estimate of drug-likeness (QED) is 0.778. The average Bonchev–Trinajstić information content (AvgIpc) is 2.58. The van der Waals surface area contributed by atoms with E-state index in [2.05, 4.69) is 12.2 Å². The highest BCUT2D eigenvalue weighted by Gasteiger charge is 2.12. The van der Waals surface area contributed by atoms with Gasteiger partial charge in [0.15, 0.2) is 0 Å². The second kappa shape index (κ2) is 4.29. The first kappa shape index (κ1) is 10.8. The summed E-state index contributed by atoms with van der Waals surface area (Å²) in [5, 5.41) is 8.50. The van der Waals surface area contributed by atoms with Crippen LogP contribution in [0, 0.1) is 0 Å². The third kappa shape index (κ3) is 2.15. The number of hydrogen-bond acceptors (Lipinski definition) is 1. The molecule has 0 amide bonds. The molecular weight excluding hydrogens is 200 g/mol. The summed E-state index contributed by atoms with van der Waals surface area (Å²) in [6.07, 6.45) is 11.0. The lowest BCUT2D eigenvalue weighted by Gasteiger charge is -1.93. The molecule has 0 bridgehead atoms. The number of carboxylic acids is 1. The third-order valence-electron chi connectivity index (χ3n) is 2.19. The summed E-state index contributed by atoms with van der Waals surface area (Å²) >= 11 is 0. The molecule has 0 saturated heterocycles. The van der Waals surface area contributed by atoms with Crippen molar-refractivity contribution in [2.75, 3.05) is 0 Å². The van der Waals surface area contributed by atoms with Gasteiger partial charge in [0.25, 0.3) is 0 Å². The molecule has 2 rings (SSSR count). The minimum Gasteiger partial charge on any atom is -0.481 e. The van der Waals surface area contributed by atoms with Crippen molar-refractivity contribution >= 4 is 18.4 Å². The number of rotatable bonds is 3. The molecule has 0 aromatic heterocycles. The Morgan fingerprint density at radius 1 is 1.29 bits per heavy atom. The van der Waals surface area contributed by atoms with E-state index in [1.54, 1.807) is 0 Å². The fraction of sp³-hybridized carbons (Fsp3) is 0.182. The van der Waals surface area contributed by atoms with E-state index in [-0.39, 0.29) is 18.8 Å². The minimum atomic E-state index is -0.735. The number of fused-ring (bicyclic) bond motifs is 1. The van der Waals surface area contributed by atoms with E-state index in [0.29, 0.717) is 6.42 Å². The Labute approximate surface area is 88.7 Å². The van der Waals surface area contributed by atoms with Gasteiger partial charge in [-0.1, -0.05) is 30.4 Å². The number of hydrogen-bond donors (Lipinski definition) is 1. The van der Waals surface area contributed by atoms with Gasteiger partial charge in [0.2, 0.25) is 0 Å². The molecule has 2 aliphatic carbocycles. The van der Waals surface area contributed by atoms with Crippen molar-refractivity contribution in [3.8, 4) is 0 Å². The van der Waals surface area contributed by atoms with Gasteiger partial charge in [0, 0.05) is 6.42 Å². The molecular formula is C11H11ClO2. The van der Waals surface area contributed by atoms with E-state index in [9.17, 15) is 4.79 Å². The normalized spacial score (nSPS) is 16.7. The summed E-state index contributed by atoms with van der Waals surface area (Å²) in [6, 6.07) is 0. The topological polar surface area (TPSA) is 37.3 Å². The first-order chi connectivity index (χ1) is 6.25. The second-order valence-corrected chi connectivity index (χ2v) is 3.19. The highest BCUT2D eigenvalue weighted by Crippen LogP contribution is 2.30. The Morgan fingerprint density at radius 2 is 2.07 bits per heavy atom. The van der Waals surface area contributed by atoms with Crippen molar-refractivity contribution in [3.63, 3.8) is 0 Å². The molecule has 0 unspecified atom stereocenters. The van der Waals surface area contributed by atoms with Crippen LogP contribution in [0.4, 0.5) is 0 Å². The molecule has 3 heteroatoms. The Morgan fingerprint density at radius 3 is 2.71 bits per heavy atom. The van der Waals surface area contributed by atoms with Gasteiger partial charge >= 0.3 is 5.97 Å². The summed E-state index contributed by atoms with van der Waals surface area (Å²) in [4.78, 5) is 10.3. The molecule has 0 atom stereocenters. The molecule has 1 N–H and O–H groups in total. The van der Waals surface area contributed by atoms with E-state index in [1.165, 1.54) is 11.1 Å². The molecule has 0 radical (unpaired) electrons. The van der Waals surface area contributed by atoms with Gasteiger partial charge in [-0.2, -0.15) is 0 Å². The summed E-state index contributed by atoms with van der Waals surface area (Å²) in [7, 11) is 0. The van der Waals surface area contributed by atoms with Gasteiger partial charge < -0.3 is 5.11 Å². The third-order valence-corrected chi connectivity index (χ3v) is 2.19. The standard InChI is InChI=1S/C11H10O2.ClH/c12-11(13)5-4-8-6-9-2-1-3-10(9)7-8;/h1-3,6-7H,4-5H2,(H,12,13);1H. The number of carboxylic acid groups (broad SMARTS) is 1. The lowest BCUT2D eigenvalue weighted by atomic mass is 10.1. The summed E-state index contributed by atoms with van der Waals surface area (Å²) in [6.45, 7) is 0. The fourth-order valence-corrected chi connectivity index (χ4v) is 1.55. The predicted molar refractivity (Wildman–Crippen MR) is 57.5 cm³/mol. The van der Waals surface area contributed by atoms with Gasteiger partial charge in [-0.05, 0) is 23.1 Å². The van der Waals surface area contributed by atoms with Gasteiger partial charge in [-0.3, -0.25) is 4.79 Å². The second-order valence-electron chi connectivity index (χ2n) is 3.19. The zero-order valence-corrected chi connectivity index (χ0v) is 8.38. The lowest BCUT2D eigenvalue weighted by Crippen LogP contribution is -1.93. The molecule has 2 nitrogen and oxygen atoms in total. The summed E-state index contributed by atoms with van der Waals surface area (Å²) in [5.41, 5.74) is 3.54. The zero-order chi connectivity index (χ0) is 9.26. The minimum absolute atomic E-state index is 0. The predicted octanol–water partition coefficient (Wildman–Crippen LogP) is 2.64. The highest BCUT2D eigenvalue weighted by molar-refractivity contribution is 5.85. The van der Waals surface area contributed by atoms with Gasteiger partial charge in [0.05, 0.1) is 0 Å². The van der Waals surface area contributed by atoms with Crippen molar-refractivity contribution in [1.29, 1.82) is 0 Å². The largest absolute Gasteiger partial charge is 0.481 e. The molecule has 0 aromatic carbocycles. The van der Waals surface area contributed by atoms with E-state index in [0.717, 1.165) is 5.57 Å². The van der Waals surface area contributed by atoms with E-state index in [1.807, 2.05) is 18.2 Å². The molecule has 0 heterocycles. The Bertz CT molecular complexity index is 373. The highest BCUT2D eigenvalue weighted by atomic mass is 35.5. The van der Waals surface area contributed by atoms with Crippen molar-refractivity contribution in [1.82, 2.24) is 0 Å². The van der Waals surface area contributed by atoms with Crippen molar-refractivity contribution in [2.24, 2.45) is 0 Å². The lowest BCUT2D eigenvalue weighted by molar-refractivity contribution is -0.136. The number of allylic oxidation sites excluding steroid dienone is 8. The average molecular weight is 211 g/mol. The van der Waals surface area contributed by atoms with Crippen molar-refractivity contribution in [3.05, 3.63) is 47.1 Å². The SMILES string of the molecule is Cl.O=C(O)CCC1=CC2=CC=CC2=C1. The van der Waals surface area contributed by atoms with Crippen molar-refractivity contribution in [2.45, 2.75) is 12.8 Å². The molecule has 0 saturated carbocycles. The van der Waals surface area contributed by atoms with E-state index >= 15 is 0 Å². The van der Waals surface area contributed by atoms with E-state index < -0.39 is 5.97 Å². The van der Waals surface area contributed by atoms with Crippen LogP contribution >= 0.6 is 12.4 Å². The van der Waals surface area contributed by atoms with Gasteiger partial charge in [0.1, 0.15) is 0 Å². The molecule has 0 aliphatic heterocycles. The van der Waals surface area contributed by atoms with Crippen LogP contribution in [0.3, 0.4) is 0 Å². The monoisotopic (exact) mass is 210 g/mol. The smallest absolute Gasteiger partial charge is 0.303 e. The zero-order valence-electron chi connectivity index (χ0n) is 7.56. The van der Waals surface area contributed by atoms with Crippen LogP contribution in [0.1, 0.15) is 12.8 Å².